The van der Waals surface area contributed by atoms with E-state index in [0.717, 1.165) is 16.7 Å². The van der Waals surface area contributed by atoms with E-state index in [1.165, 1.54) is 13.3 Å². The van der Waals surface area contributed by atoms with Crippen molar-refractivity contribution in [3.63, 3.8) is 0 Å². The predicted molar refractivity (Wildman–Crippen MR) is 106 cm³/mol. The van der Waals surface area contributed by atoms with Gasteiger partial charge in [-0.25, -0.2) is 0 Å². The summed E-state index contributed by atoms with van der Waals surface area (Å²) in [6.45, 7) is 1.61. The van der Waals surface area contributed by atoms with Crippen molar-refractivity contribution < 1.29 is 19.0 Å². The van der Waals surface area contributed by atoms with Crippen molar-refractivity contribution in [3.8, 4) is 17.2 Å². The monoisotopic (exact) mass is 371 g/mol. The number of anilines is 1. The van der Waals surface area contributed by atoms with Gasteiger partial charge < -0.3 is 31.0 Å². The van der Waals surface area contributed by atoms with E-state index in [9.17, 15) is 4.79 Å². The number of nitrogens with two attached hydrogens (primary N) is 2. The molecule has 1 amide bonds. The molecule has 7 heteroatoms. The molecule has 5 N–H and O–H groups in total. The molecule has 144 valence electrons. The molecular formula is C20H25N3O4. The largest absolute Gasteiger partial charge is 0.497 e. The van der Waals surface area contributed by atoms with E-state index in [0.29, 0.717) is 22.9 Å². The third-order valence-electron chi connectivity index (χ3n) is 4.01. The summed E-state index contributed by atoms with van der Waals surface area (Å²) in [5.41, 5.74) is 14.4. The number of carbonyl (C=O) groups excluding carboxylic acids is 1. The van der Waals surface area contributed by atoms with Gasteiger partial charge in [0, 0.05) is 17.8 Å². The zero-order chi connectivity index (χ0) is 20.0. The topological polar surface area (TPSA) is 109 Å². The number of benzene rings is 2. The smallest absolute Gasteiger partial charge is 0.241 e. The Morgan fingerprint density at radius 1 is 1.00 bits per heavy atom. The lowest BCUT2D eigenvalue weighted by molar-refractivity contribution is -0.117. The molecular weight excluding hydrogens is 346 g/mol. The zero-order valence-corrected chi connectivity index (χ0v) is 15.9. The number of methoxy groups -OCH3 is 3. The molecule has 27 heavy (non-hydrogen) atoms. The maximum atomic E-state index is 12.0. The van der Waals surface area contributed by atoms with Gasteiger partial charge in [0.25, 0.3) is 0 Å². The molecule has 2 rings (SSSR count). The van der Waals surface area contributed by atoms with E-state index in [1.807, 2.05) is 18.2 Å². The Balaban J connectivity index is 2.50. The van der Waals surface area contributed by atoms with Gasteiger partial charge >= 0.3 is 0 Å². The van der Waals surface area contributed by atoms with E-state index in [1.54, 1.807) is 39.3 Å². The van der Waals surface area contributed by atoms with Crippen LogP contribution >= 0.6 is 0 Å². The fourth-order valence-corrected chi connectivity index (χ4v) is 2.54. The second-order valence-corrected chi connectivity index (χ2v) is 5.87. The summed E-state index contributed by atoms with van der Waals surface area (Å²) in [5.74, 6) is 1.49. The van der Waals surface area contributed by atoms with Crippen LogP contribution in [-0.2, 0) is 4.79 Å². The van der Waals surface area contributed by atoms with Crippen LogP contribution in [0.1, 0.15) is 18.1 Å². The maximum absolute atomic E-state index is 12.0. The molecule has 0 bridgehead atoms. The standard InChI is InChI=1S/C20H25N3O4/c1-12(22)20(24)23-18-9-13(5-6-19(18)27-4)17(11-21)14-7-15(25-2)10-16(8-14)26-3/h5-12H,21-22H2,1-4H3,(H,23,24)/t12-/m1/s1. The van der Waals surface area contributed by atoms with Gasteiger partial charge in [0.1, 0.15) is 17.2 Å². The summed E-state index contributed by atoms with van der Waals surface area (Å²) in [6, 6.07) is 10.2. The Labute approximate surface area is 158 Å². The minimum atomic E-state index is -0.648. The van der Waals surface area contributed by atoms with Crippen LogP contribution in [0.5, 0.6) is 17.2 Å². The highest BCUT2D eigenvalue weighted by Gasteiger charge is 2.15. The van der Waals surface area contributed by atoms with E-state index in [-0.39, 0.29) is 5.91 Å². The molecule has 0 unspecified atom stereocenters. The van der Waals surface area contributed by atoms with Crippen LogP contribution in [0.2, 0.25) is 0 Å². The lowest BCUT2D eigenvalue weighted by Gasteiger charge is -2.16. The first-order valence-corrected chi connectivity index (χ1v) is 8.33. The average Bonchev–Trinajstić information content (AvgIpc) is 2.68. The van der Waals surface area contributed by atoms with E-state index >= 15 is 0 Å². The molecule has 0 radical (unpaired) electrons. The molecule has 0 saturated heterocycles. The molecule has 0 aliphatic carbocycles. The fraction of sp³-hybridized carbons (Fsp3) is 0.250. The minimum Gasteiger partial charge on any atom is -0.497 e. The summed E-state index contributed by atoms with van der Waals surface area (Å²) in [5, 5.41) is 2.77. The van der Waals surface area contributed by atoms with Crippen LogP contribution in [0.4, 0.5) is 5.69 Å². The second-order valence-electron chi connectivity index (χ2n) is 5.87. The number of rotatable bonds is 7. The van der Waals surface area contributed by atoms with Crippen LogP contribution in [0.25, 0.3) is 5.57 Å². The van der Waals surface area contributed by atoms with Crippen molar-refractivity contribution in [2.45, 2.75) is 13.0 Å². The van der Waals surface area contributed by atoms with Crippen LogP contribution in [0, 0.1) is 0 Å². The summed E-state index contributed by atoms with van der Waals surface area (Å²) in [6.07, 6.45) is 1.49. The molecule has 0 aliphatic heterocycles. The molecule has 0 fully saturated rings. The molecule has 0 aromatic heterocycles. The summed E-state index contributed by atoms with van der Waals surface area (Å²) < 4.78 is 16.0. The highest BCUT2D eigenvalue weighted by atomic mass is 16.5. The SMILES string of the molecule is COc1cc(OC)cc(C(=CN)c2ccc(OC)c(NC(=O)[C@@H](C)N)c2)c1. The number of nitrogens with one attached hydrogen (secondary N) is 1. The molecule has 7 nitrogen and oxygen atoms in total. The number of hydrogen-bond acceptors (Lipinski definition) is 6. The van der Waals surface area contributed by atoms with Crippen molar-refractivity contribution in [2.24, 2.45) is 11.5 Å². The predicted octanol–water partition coefficient (Wildman–Crippen LogP) is 2.35. The summed E-state index contributed by atoms with van der Waals surface area (Å²) >= 11 is 0. The van der Waals surface area contributed by atoms with E-state index < -0.39 is 6.04 Å². The molecule has 0 heterocycles. The van der Waals surface area contributed by atoms with Crippen molar-refractivity contribution in [2.75, 3.05) is 26.6 Å². The zero-order valence-electron chi connectivity index (χ0n) is 15.9. The van der Waals surface area contributed by atoms with Crippen LogP contribution in [0.3, 0.4) is 0 Å². The Hall–Kier alpha value is -3.19. The highest BCUT2D eigenvalue weighted by Crippen LogP contribution is 2.34. The third kappa shape index (κ3) is 4.71. The maximum Gasteiger partial charge on any atom is 0.241 e. The Morgan fingerprint density at radius 2 is 1.63 bits per heavy atom. The van der Waals surface area contributed by atoms with Crippen molar-refractivity contribution >= 4 is 17.2 Å². The molecule has 0 spiro atoms. The third-order valence-corrected chi connectivity index (χ3v) is 4.01. The van der Waals surface area contributed by atoms with Gasteiger partial charge in [0.05, 0.1) is 33.1 Å². The van der Waals surface area contributed by atoms with Gasteiger partial charge in [-0.1, -0.05) is 6.07 Å². The van der Waals surface area contributed by atoms with Crippen LogP contribution < -0.4 is 31.0 Å². The summed E-state index contributed by atoms with van der Waals surface area (Å²) in [4.78, 5) is 12.0. The lowest BCUT2D eigenvalue weighted by atomic mass is 9.97. The first kappa shape index (κ1) is 20.1. The normalized spacial score (nSPS) is 12.3. The number of hydrogen-bond donors (Lipinski definition) is 3. The lowest BCUT2D eigenvalue weighted by Crippen LogP contribution is -2.32. The quantitative estimate of drug-likeness (QED) is 0.689. The number of carbonyl (C=O) groups is 1. The molecule has 2 aromatic carbocycles. The first-order valence-electron chi connectivity index (χ1n) is 8.33. The van der Waals surface area contributed by atoms with Gasteiger partial charge in [-0.2, -0.15) is 0 Å². The second kappa shape index (κ2) is 8.95. The molecule has 0 aliphatic rings. The molecule has 1 atom stereocenters. The van der Waals surface area contributed by atoms with Crippen molar-refractivity contribution in [1.82, 2.24) is 0 Å². The molecule has 2 aromatic rings. The highest BCUT2D eigenvalue weighted by molar-refractivity contribution is 5.96. The molecule has 0 saturated carbocycles. The number of ether oxygens (including phenoxy) is 3. The van der Waals surface area contributed by atoms with Gasteiger partial charge in [-0.15, -0.1) is 0 Å². The summed E-state index contributed by atoms with van der Waals surface area (Å²) in [7, 11) is 4.70. The van der Waals surface area contributed by atoms with E-state index in [2.05, 4.69) is 5.32 Å². The Bertz CT molecular complexity index is 825. The van der Waals surface area contributed by atoms with Crippen LogP contribution in [0.15, 0.2) is 42.6 Å². The van der Waals surface area contributed by atoms with Gasteiger partial charge in [-0.05, 0) is 42.3 Å². The average molecular weight is 371 g/mol. The van der Waals surface area contributed by atoms with Gasteiger partial charge in [0.2, 0.25) is 5.91 Å². The number of amides is 1. The minimum absolute atomic E-state index is 0.313. The fourth-order valence-electron chi connectivity index (χ4n) is 2.54. The Morgan fingerprint density at radius 3 is 2.11 bits per heavy atom. The first-order chi connectivity index (χ1) is 12.9. The van der Waals surface area contributed by atoms with Gasteiger partial charge in [-0.3, -0.25) is 4.79 Å². The van der Waals surface area contributed by atoms with Crippen molar-refractivity contribution in [3.05, 3.63) is 53.7 Å². The van der Waals surface area contributed by atoms with Gasteiger partial charge in [0.15, 0.2) is 0 Å². The van der Waals surface area contributed by atoms with E-state index in [4.69, 9.17) is 25.7 Å². The Kier molecular flexibility index (Phi) is 6.67. The van der Waals surface area contributed by atoms with Crippen LogP contribution in [-0.4, -0.2) is 33.3 Å². The van der Waals surface area contributed by atoms with Crippen molar-refractivity contribution in [1.29, 1.82) is 0 Å².